The lowest BCUT2D eigenvalue weighted by Gasteiger charge is -2.16. The molecule has 28 heavy (non-hydrogen) atoms. The molecule has 1 aromatic carbocycles. The zero-order chi connectivity index (χ0) is 19.9. The molecule has 1 aliphatic rings. The van der Waals surface area contributed by atoms with E-state index in [0.29, 0.717) is 35.7 Å². The summed E-state index contributed by atoms with van der Waals surface area (Å²) in [7, 11) is 0. The smallest absolute Gasteiger partial charge is 0.354 e. The topological polar surface area (TPSA) is 71.3 Å². The summed E-state index contributed by atoms with van der Waals surface area (Å²) in [5, 5.41) is 14.2. The molecule has 0 radical (unpaired) electrons. The average Bonchev–Trinajstić information content (AvgIpc) is 3.24. The monoisotopic (exact) mass is 389 g/mol. The van der Waals surface area contributed by atoms with Gasteiger partial charge in [-0.05, 0) is 31.0 Å². The van der Waals surface area contributed by atoms with E-state index in [-0.39, 0.29) is 11.5 Å². The maximum atomic E-state index is 13.1. The van der Waals surface area contributed by atoms with Crippen LogP contribution in [0.5, 0.6) is 0 Å². The zero-order valence-corrected chi connectivity index (χ0v) is 15.0. The molecule has 9 heteroatoms. The van der Waals surface area contributed by atoms with E-state index in [1.807, 2.05) is 0 Å². The van der Waals surface area contributed by atoms with Gasteiger partial charge in [0.15, 0.2) is 0 Å². The third-order valence-electron chi connectivity index (χ3n) is 4.72. The number of aryl methyl sites for hydroxylation is 1. The largest absolute Gasteiger partial charge is 0.393 e. The number of nitrogens with one attached hydrogen (secondary N) is 2. The predicted molar refractivity (Wildman–Crippen MR) is 98.0 cm³/mol. The van der Waals surface area contributed by atoms with E-state index < -0.39 is 18.6 Å². The van der Waals surface area contributed by atoms with Crippen molar-refractivity contribution in [2.45, 2.75) is 32.0 Å². The molecular weight excluding hydrogens is 371 g/mol. The Kier molecular flexibility index (Phi) is 4.44. The number of alkyl halides is 3. The SMILES string of the molecule is Cc1ccc(-c2nnc(NC3CCNC3=O)n3cccc23)c(CC(F)(F)F)c1. The molecule has 1 unspecified atom stereocenters. The average molecular weight is 389 g/mol. The molecule has 6 nitrogen and oxygen atoms in total. The number of fused-ring (bicyclic) bond motifs is 1. The summed E-state index contributed by atoms with van der Waals surface area (Å²) in [4.78, 5) is 11.8. The highest BCUT2D eigenvalue weighted by molar-refractivity contribution is 5.86. The van der Waals surface area contributed by atoms with Gasteiger partial charge in [0.2, 0.25) is 11.9 Å². The molecule has 3 heterocycles. The minimum Gasteiger partial charge on any atom is -0.354 e. The fourth-order valence-electron chi connectivity index (χ4n) is 3.45. The van der Waals surface area contributed by atoms with Crippen LogP contribution in [0.15, 0.2) is 36.5 Å². The van der Waals surface area contributed by atoms with Crippen molar-refractivity contribution in [1.82, 2.24) is 19.9 Å². The molecule has 1 saturated heterocycles. The maximum absolute atomic E-state index is 13.1. The van der Waals surface area contributed by atoms with Crippen molar-refractivity contribution in [3.63, 3.8) is 0 Å². The first kappa shape index (κ1) is 18.3. The van der Waals surface area contributed by atoms with E-state index in [1.54, 1.807) is 41.8 Å². The van der Waals surface area contributed by atoms with Gasteiger partial charge in [-0.25, -0.2) is 0 Å². The molecule has 3 aromatic rings. The van der Waals surface area contributed by atoms with Gasteiger partial charge in [0, 0.05) is 18.3 Å². The van der Waals surface area contributed by atoms with Gasteiger partial charge in [-0.15, -0.1) is 10.2 Å². The Labute approximate surface area is 158 Å². The van der Waals surface area contributed by atoms with Crippen LogP contribution in [0.3, 0.4) is 0 Å². The van der Waals surface area contributed by atoms with E-state index in [0.717, 1.165) is 5.56 Å². The van der Waals surface area contributed by atoms with Crippen LogP contribution in [-0.2, 0) is 11.2 Å². The number of hydrogen-bond donors (Lipinski definition) is 2. The Morgan fingerprint density at radius 1 is 1.29 bits per heavy atom. The summed E-state index contributed by atoms with van der Waals surface area (Å²) in [6.45, 7) is 2.34. The van der Waals surface area contributed by atoms with Crippen molar-refractivity contribution in [3.8, 4) is 11.3 Å². The molecule has 1 aliphatic heterocycles. The number of hydrogen-bond acceptors (Lipinski definition) is 4. The number of nitrogens with zero attached hydrogens (tertiary/aromatic N) is 3. The molecule has 146 valence electrons. The van der Waals surface area contributed by atoms with Crippen molar-refractivity contribution in [3.05, 3.63) is 47.7 Å². The van der Waals surface area contributed by atoms with Crippen molar-refractivity contribution in [2.24, 2.45) is 0 Å². The first-order chi connectivity index (χ1) is 13.3. The van der Waals surface area contributed by atoms with Crippen molar-refractivity contribution in [2.75, 3.05) is 11.9 Å². The summed E-state index contributed by atoms with van der Waals surface area (Å²) in [6, 6.07) is 8.04. The van der Waals surface area contributed by atoms with Gasteiger partial charge >= 0.3 is 6.18 Å². The minimum atomic E-state index is -4.33. The second-order valence-electron chi connectivity index (χ2n) is 6.86. The number of benzene rings is 1. The molecule has 0 bridgehead atoms. The second-order valence-corrected chi connectivity index (χ2v) is 6.86. The number of carbonyl (C=O) groups excluding carboxylic acids is 1. The van der Waals surface area contributed by atoms with Gasteiger partial charge in [-0.1, -0.05) is 23.8 Å². The molecule has 0 saturated carbocycles. The Bertz CT molecular complexity index is 1040. The molecule has 0 spiro atoms. The third kappa shape index (κ3) is 3.51. The fraction of sp³-hybridized carbons (Fsp3) is 0.316. The van der Waals surface area contributed by atoms with E-state index in [1.165, 1.54) is 6.07 Å². The van der Waals surface area contributed by atoms with Crippen LogP contribution in [0.25, 0.3) is 16.8 Å². The highest BCUT2D eigenvalue weighted by atomic mass is 19.4. The van der Waals surface area contributed by atoms with E-state index in [9.17, 15) is 18.0 Å². The van der Waals surface area contributed by atoms with Gasteiger partial charge in [0.1, 0.15) is 11.7 Å². The molecule has 0 aliphatic carbocycles. The second kappa shape index (κ2) is 6.81. The van der Waals surface area contributed by atoms with Crippen molar-refractivity contribution >= 4 is 17.4 Å². The summed E-state index contributed by atoms with van der Waals surface area (Å²) >= 11 is 0. The number of carbonyl (C=O) groups is 1. The maximum Gasteiger partial charge on any atom is 0.393 e. The Morgan fingerprint density at radius 3 is 2.82 bits per heavy atom. The first-order valence-electron chi connectivity index (χ1n) is 8.86. The Hall–Kier alpha value is -3.10. The fourth-order valence-corrected chi connectivity index (χ4v) is 3.45. The van der Waals surface area contributed by atoms with E-state index in [2.05, 4.69) is 20.8 Å². The quantitative estimate of drug-likeness (QED) is 0.719. The third-order valence-corrected chi connectivity index (χ3v) is 4.72. The van der Waals surface area contributed by atoms with Crippen molar-refractivity contribution in [1.29, 1.82) is 0 Å². The van der Waals surface area contributed by atoms with Crippen LogP contribution in [0.2, 0.25) is 0 Å². The molecule has 1 fully saturated rings. The summed E-state index contributed by atoms with van der Waals surface area (Å²) < 4.78 is 40.9. The predicted octanol–water partition coefficient (Wildman–Crippen LogP) is 3.11. The first-order valence-corrected chi connectivity index (χ1v) is 8.86. The van der Waals surface area contributed by atoms with Gasteiger partial charge in [0.05, 0.1) is 11.9 Å². The Morgan fingerprint density at radius 2 is 2.11 bits per heavy atom. The van der Waals surface area contributed by atoms with E-state index in [4.69, 9.17) is 0 Å². The summed E-state index contributed by atoms with van der Waals surface area (Å²) in [5.41, 5.74) is 2.27. The number of halogens is 3. The van der Waals surface area contributed by atoms with Gasteiger partial charge in [-0.2, -0.15) is 13.2 Å². The number of aromatic nitrogens is 3. The zero-order valence-electron chi connectivity index (χ0n) is 15.0. The number of amides is 1. The van der Waals surface area contributed by atoms with Crippen LogP contribution < -0.4 is 10.6 Å². The molecule has 4 rings (SSSR count). The van der Waals surface area contributed by atoms with Crippen LogP contribution in [-0.4, -0.2) is 39.3 Å². The lowest BCUT2D eigenvalue weighted by atomic mass is 9.98. The van der Waals surface area contributed by atoms with Gasteiger partial charge in [0.25, 0.3) is 0 Å². The van der Waals surface area contributed by atoms with E-state index >= 15 is 0 Å². The van der Waals surface area contributed by atoms with Crippen LogP contribution in [0.1, 0.15) is 17.5 Å². The molecule has 1 amide bonds. The van der Waals surface area contributed by atoms with Gasteiger partial charge < -0.3 is 10.6 Å². The molecule has 1 atom stereocenters. The number of anilines is 1. The highest BCUT2D eigenvalue weighted by Gasteiger charge is 2.30. The molecular formula is C19H18F3N5O. The van der Waals surface area contributed by atoms with Crippen molar-refractivity contribution < 1.29 is 18.0 Å². The van der Waals surface area contributed by atoms with Gasteiger partial charge in [-0.3, -0.25) is 9.20 Å². The minimum absolute atomic E-state index is 0.114. The highest BCUT2D eigenvalue weighted by Crippen LogP contribution is 2.32. The normalized spacial score (nSPS) is 17.1. The molecule has 2 N–H and O–H groups in total. The van der Waals surface area contributed by atoms with Crippen LogP contribution in [0, 0.1) is 6.92 Å². The standard InChI is InChI=1S/C19H18F3N5O/c1-11-4-5-13(12(9-11)10-19(20,21)22)16-15-3-2-8-27(15)18(26-25-16)24-14-6-7-23-17(14)28/h2-5,8-9,14H,6-7,10H2,1H3,(H,23,28)(H,24,26). The number of rotatable bonds is 4. The lowest BCUT2D eigenvalue weighted by molar-refractivity contribution is -0.127. The molecule has 2 aromatic heterocycles. The van der Waals surface area contributed by atoms with Crippen LogP contribution >= 0.6 is 0 Å². The van der Waals surface area contributed by atoms with Crippen LogP contribution in [0.4, 0.5) is 19.1 Å². The Balaban J connectivity index is 1.78. The lowest BCUT2D eigenvalue weighted by Crippen LogP contribution is -2.30. The summed E-state index contributed by atoms with van der Waals surface area (Å²) in [5.74, 6) is 0.257. The summed E-state index contributed by atoms with van der Waals surface area (Å²) in [6.07, 6.45) is -3.01.